The Hall–Kier alpha value is -3.15. The van der Waals surface area contributed by atoms with Crippen LogP contribution in [-0.2, 0) is 28.6 Å². The minimum absolute atomic E-state index is 0.0965. The Morgan fingerprint density at radius 2 is 0.684 bits per heavy atom. The van der Waals surface area contributed by atoms with E-state index >= 15 is 0 Å². The van der Waals surface area contributed by atoms with E-state index in [1.807, 2.05) is 12.2 Å². The topological polar surface area (TPSA) is 78.9 Å². The second kappa shape index (κ2) is 45.6. The van der Waals surface area contributed by atoms with Crippen LogP contribution in [0.4, 0.5) is 0 Å². The van der Waals surface area contributed by atoms with E-state index in [0.29, 0.717) is 19.3 Å². The van der Waals surface area contributed by atoms with Crippen molar-refractivity contribution in [3.63, 3.8) is 0 Å². The summed E-state index contributed by atoms with van der Waals surface area (Å²) < 4.78 is 16.6. The average molecular weight is 795 g/mol. The van der Waals surface area contributed by atoms with Gasteiger partial charge < -0.3 is 14.2 Å². The molecule has 1 atom stereocenters. The van der Waals surface area contributed by atoms with E-state index < -0.39 is 6.10 Å². The molecule has 0 heterocycles. The molecule has 0 bridgehead atoms. The molecular formula is C51H86O6. The molecule has 0 radical (unpaired) electrons. The summed E-state index contributed by atoms with van der Waals surface area (Å²) >= 11 is 0. The second-order valence-electron chi connectivity index (χ2n) is 15.3. The zero-order chi connectivity index (χ0) is 41.5. The van der Waals surface area contributed by atoms with Gasteiger partial charge in [-0.15, -0.1) is 0 Å². The highest BCUT2D eigenvalue weighted by Gasteiger charge is 2.19. The lowest BCUT2D eigenvalue weighted by Crippen LogP contribution is -2.30. The quantitative estimate of drug-likeness (QED) is 0.0265. The summed E-state index contributed by atoms with van der Waals surface area (Å²) in [6.45, 7) is 6.42. The van der Waals surface area contributed by atoms with Crippen molar-refractivity contribution < 1.29 is 28.6 Å². The zero-order valence-electron chi connectivity index (χ0n) is 37.1. The van der Waals surface area contributed by atoms with E-state index in [2.05, 4.69) is 81.5 Å². The maximum Gasteiger partial charge on any atom is 0.306 e. The predicted molar refractivity (Wildman–Crippen MR) is 242 cm³/mol. The van der Waals surface area contributed by atoms with Gasteiger partial charge in [0, 0.05) is 19.3 Å². The molecule has 57 heavy (non-hydrogen) atoms. The maximum absolute atomic E-state index is 12.7. The zero-order valence-corrected chi connectivity index (χ0v) is 37.1. The van der Waals surface area contributed by atoms with Crippen molar-refractivity contribution in [2.24, 2.45) is 0 Å². The molecule has 0 saturated heterocycles. The van der Waals surface area contributed by atoms with Crippen LogP contribution in [0, 0.1) is 0 Å². The molecule has 0 amide bonds. The van der Waals surface area contributed by atoms with E-state index in [1.54, 1.807) is 0 Å². The van der Waals surface area contributed by atoms with Gasteiger partial charge in [0.15, 0.2) is 6.10 Å². The molecule has 0 aliphatic rings. The Bertz CT molecular complexity index is 1100. The normalized spacial score (nSPS) is 12.7. The highest BCUT2D eigenvalue weighted by atomic mass is 16.6. The molecule has 0 unspecified atom stereocenters. The van der Waals surface area contributed by atoms with Crippen molar-refractivity contribution in [1.82, 2.24) is 0 Å². The Morgan fingerprint density at radius 3 is 1.07 bits per heavy atom. The van der Waals surface area contributed by atoms with Gasteiger partial charge >= 0.3 is 17.9 Å². The number of hydrogen-bond acceptors (Lipinski definition) is 6. The Morgan fingerprint density at radius 1 is 0.368 bits per heavy atom. The van der Waals surface area contributed by atoms with E-state index in [4.69, 9.17) is 14.2 Å². The highest BCUT2D eigenvalue weighted by molar-refractivity contribution is 5.71. The summed E-state index contributed by atoms with van der Waals surface area (Å²) in [5.74, 6) is -0.991. The van der Waals surface area contributed by atoms with Gasteiger partial charge in [0.1, 0.15) is 13.2 Å². The van der Waals surface area contributed by atoms with Crippen LogP contribution >= 0.6 is 0 Å². The largest absolute Gasteiger partial charge is 0.462 e. The van der Waals surface area contributed by atoms with Crippen LogP contribution < -0.4 is 0 Å². The number of carbonyl (C=O) groups is 3. The fourth-order valence-electron chi connectivity index (χ4n) is 6.23. The first-order valence-electron chi connectivity index (χ1n) is 23.4. The minimum Gasteiger partial charge on any atom is -0.462 e. The van der Waals surface area contributed by atoms with Gasteiger partial charge in [-0.25, -0.2) is 0 Å². The molecule has 6 heteroatoms. The van der Waals surface area contributed by atoms with E-state index in [-0.39, 0.29) is 37.5 Å². The minimum atomic E-state index is -0.799. The summed E-state index contributed by atoms with van der Waals surface area (Å²) in [6.07, 6.45) is 56.1. The van der Waals surface area contributed by atoms with Crippen molar-refractivity contribution >= 4 is 17.9 Å². The summed E-state index contributed by atoms with van der Waals surface area (Å²) in [4.78, 5) is 37.7. The number of unbranched alkanes of at least 4 members (excludes halogenated alkanes) is 18. The van der Waals surface area contributed by atoms with Crippen LogP contribution in [-0.4, -0.2) is 37.2 Å². The first-order valence-corrected chi connectivity index (χ1v) is 23.4. The number of ether oxygens (including phenoxy) is 3. The van der Waals surface area contributed by atoms with Gasteiger partial charge in [-0.1, -0.05) is 209 Å². The SMILES string of the molecule is CC/C=C\C/C=C\C/C=C\C/C=C\C/C=C\C/C=C\CCC(=O)OC[C@@H](COC(=O)CCCCCCCCCCC)OC(=O)CCCCCCCCCCCCC. The lowest BCUT2D eigenvalue weighted by molar-refractivity contribution is -0.166. The van der Waals surface area contributed by atoms with Gasteiger partial charge in [0.2, 0.25) is 0 Å². The van der Waals surface area contributed by atoms with Crippen LogP contribution in [0.2, 0.25) is 0 Å². The molecule has 0 saturated carbocycles. The van der Waals surface area contributed by atoms with E-state index in [9.17, 15) is 14.4 Å². The van der Waals surface area contributed by atoms with Crippen LogP contribution in [0.15, 0.2) is 72.9 Å². The highest BCUT2D eigenvalue weighted by Crippen LogP contribution is 2.14. The van der Waals surface area contributed by atoms with Gasteiger partial charge in [-0.3, -0.25) is 14.4 Å². The van der Waals surface area contributed by atoms with Crippen molar-refractivity contribution in [1.29, 1.82) is 0 Å². The van der Waals surface area contributed by atoms with Gasteiger partial charge in [-0.2, -0.15) is 0 Å². The molecule has 0 aromatic rings. The third kappa shape index (κ3) is 43.8. The van der Waals surface area contributed by atoms with Crippen LogP contribution in [0.1, 0.15) is 213 Å². The van der Waals surface area contributed by atoms with Gasteiger partial charge in [-0.05, 0) is 57.8 Å². The van der Waals surface area contributed by atoms with E-state index in [0.717, 1.165) is 77.0 Å². The fraction of sp³-hybridized carbons (Fsp3) is 0.706. The molecule has 0 aliphatic heterocycles. The Kier molecular flexibility index (Phi) is 43.0. The molecule has 0 N–H and O–H groups in total. The second-order valence-corrected chi connectivity index (χ2v) is 15.3. The van der Waals surface area contributed by atoms with Crippen LogP contribution in [0.5, 0.6) is 0 Å². The maximum atomic E-state index is 12.7. The summed E-state index contributed by atoms with van der Waals surface area (Å²) in [6, 6.07) is 0. The number of hydrogen-bond donors (Lipinski definition) is 0. The lowest BCUT2D eigenvalue weighted by Gasteiger charge is -2.18. The van der Waals surface area contributed by atoms with Crippen molar-refractivity contribution in [2.45, 2.75) is 219 Å². The third-order valence-electron chi connectivity index (χ3n) is 9.74. The van der Waals surface area contributed by atoms with Gasteiger partial charge in [0.05, 0.1) is 0 Å². The van der Waals surface area contributed by atoms with Crippen molar-refractivity contribution in [3.8, 4) is 0 Å². The van der Waals surface area contributed by atoms with Crippen molar-refractivity contribution in [2.75, 3.05) is 13.2 Å². The lowest BCUT2D eigenvalue weighted by atomic mass is 10.1. The molecule has 326 valence electrons. The number of carbonyl (C=O) groups excluding carboxylic acids is 3. The molecule has 0 rings (SSSR count). The molecule has 0 fully saturated rings. The average Bonchev–Trinajstić information content (AvgIpc) is 3.21. The predicted octanol–water partition coefficient (Wildman–Crippen LogP) is 15.1. The number of esters is 3. The summed E-state index contributed by atoms with van der Waals surface area (Å²) in [5.41, 5.74) is 0. The standard InChI is InChI=1S/C51H86O6/c1-4-7-10-13-16-19-21-22-23-24-25-26-27-28-30-32-35-38-41-44-50(53)56-47-48(46-55-49(52)43-40-37-34-31-18-15-12-9-6-3)57-51(54)45-42-39-36-33-29-20-17-14-11-8-5-2/h7,10,16,19,22-23,25-26,28,30,35,38,48H,4-6,8-9,11-15,17-18,20-21,24,27,29,31-34,36-37,39-47H2,1-3H3/b10-7-,19-16-,23-22-,26-25-,30-28-,38-35-/t48-/m1/s1. The first-order chi connectivity index (χ1) is 28.0. The first kappa shape index (κ1) is 53.9. The van der Waals surface area contributed by atoms with Crippen molar-refractivity contribution in [3.05, 3.63) is 72.9 Å². The number of rotatable bonds is 41. The molecular weight excluding hydrogens is 709 g/mol. The van der Waals surface area contributed by atoms with Gasteiger partial charge in [0.25, 0.3) is 0 Å². The molecule has 6 nitrogen and oxygen atoms in total. The Labute approximate surface area is 351 Å². The fourth-order valence-corrected chi connectivity index (χ4v) is 6.23. The van der Waals surface area contributed by atoms with Crippen LogP contribution in [0.25, 0.3) is 0 Å². The van der Waals surface area contributed by atoms with Crippen LogP contribution in [0.3, 0.4) is 0 Å². The molecule has 0 aromatic carbocycles. The molecule has 0 aliphatic carbocycles. The summed E-state index contributed by atoms with van der Waals surface area (Å²) in [7, 11) is 0. The smallest absolute Gasteiger partial charge is 0.306 e. The molecule has 0 spiro atoms. The number of allylic oxidation sites excluding steroid dienone is 12. The summed E-state index contributed by atoms with van der Waals surface area (Å²) in [5, 5.41) is 0. The van der Waals surface area contributed by atoms with E-state index in [1.165, 1.54) is 89.9 Å². The molecule has 0 aromatic heterocycles. The monoisotopic (exact) mass is 795 g/mol. The Balaban J connectivity index is 4.45. The third-order valence-corrected chi connectivity index (χ3v) is 9.74.